The van der Waals surface area contributed by atoms with Gasteiger partial charge in [-0.15, -0.1) is 12.4 Å². The van der Waals surface area contributed by atoms with Crippen LogP contribution in [0.1, 0.15) is 18.9 Å². The quantitative estimate of drug-likeness (QED) is 0.684. The predicted molar refractivity (Wildman–Crippen MR) is 82.4 cm³/mol. The molecule has 1 fully saturated rings. The molecule has 2 atom stereocenters. The van der Waals surface area contributed by atoms with Gasteiger partial charge >= 0.3 is 0 Å². The summed E-state index contributed by atoms with van der Waals surface area (Å²) in [6.07, 6.45) is 1.09. The van der Waals surface area contributed by atoms with Crippen molar-refractivity contribution in [3.63, 3.8) is 0 Å². The zero-order chi connectivity index (χ0) is 14.0. The molecule has 1 aromatic rings. The molecule has 0 radical (unpaired) electrons. The second-order valence-electron chi connectivity index (χ2n) is 5.19. The van der Waals surface area contributed by atoms with Gasteiger partial charge in [0.05, 0.1) is 4.92 Å². The summed E-state index contributed by atoms with van der Waals surface area (Å²) in [6, 6.07) is 5.19. The highest BCUT2D eigenvalue weighted by molar-refractivity contribution is 6.32. The molecule has 1 aromatic carbocycles. The van der Waals surface area contributed by atoms with Crippen LogP contribution in [0.3, 0.4) is 0 Å². The van der Waals surface area contributed by atoms with Gasteiger partial charge < -0.3 is 5.73 Å². The minimum absolute atomic E-state index is 0. The smallest absolute Gasteiger partial charge is 0.288 e. The lowest BCUT2D eigenvalue weighted by Gasteiger charge is -2.17. The number of nitro groups is 1. The average molecular weight is 320 g/mol. The van der Waals surface area contributed by atoms with Gasteiger partial charge in [-0.1, -0.05) is 17.7 Å². The number of nitro benzene ring substituents is 1. The molecule has 0 aromatic heterocycles. The van der Waals surface area contributed by atoms with Crippen molar-refractivity contribution in [2.24, 2.45) is 11.7 Å². The van der Waals surface area contributed by atoms with Gasteiger partial charge in [-0.25, -0.2) is 0 Å². The van der Waals surface area contributed by atoms with Gasteiger partial charge in [0.2, 0.25) is 0 Å². The van der Waals surface area contributed by atoms with Gasteiger partial charge in [-0.05, 0) is 37.4 Å². The van der Waals surface area contributed by atoms with E-state index in [1.54, 1.807) is 12.1 Å². The standard InChI is InChI=1S/C13H18ClN3O2.ClH/c1-9(15)11-4-5-16(8-11)7-10-2-3-12(14)13(6-10)17(18)19;/h2-3,6,9,11H,4-5,7-8,15H2,1H3;1H. The fourth-order valence-corrected chi connectivity index (χ4v) is 2.68. The third kappa shape index (κ3) is 4.06. The Morgan fingerprint density at radius 3 is 2.85 bits per heavy atom. The van der Waals surface area contributed by atoms with Crippen molar-refractivity contribution in [2.75, 3.05) is 13.1 Å². The van der Waals surface area contributed by atoms with Crippen molar-refractivity contribution in [3.05, 3.63) is 38.9 Å². The SMILES string of the molecule is CC(N)C1CCN(Cc2ccc(Cl)c([N+](=O)[O-])c2)C1.Cl. The van der Waals surface area contributed by atoms with Gasteiger partial charge in [0.25, 0.3) is 5.69 Å². The molecule has 1 aliphatic rings. The van der Waals surface area contributed by atoms with Crippen molar-refractivity contribution in [3.8, 4) is 0 Å². The first-order valence-corrected chi connectivity index (χ1v) is 6.76. The Kier molecular flexibility index (Phi) is 6.20. The highest BCUT2D eigenvalue weighted by Crippen LogP contribution is 2.27. The van der Waals surface area contributed by atoms with Crippen molar-refractivity contribution in [1.82, 2.24) is 4.90 Å². The Morgan fingerprint density at radius 2 is 2.30 bits per heavy atom. The summed E-state index contributed by atoms with van der Waals surface area (Å²) < 4.78 is 0. The van der Waals surface area contributed by atoms with E-state index in [1.165, 1.54) is 0 Å². The summed E-state index contributed by atoms with van der Waals surface area (Å²) >= 11 is 5.80. The normalized spacial score (nSPS) is 20.4. The van der Waals surface area contributed by atoms with Crippen molar-refractivity contribution in [2.45, 2.75) is 25.9 Å². The number of hydrogen-bond acceptors (Lipinski definition) is 4. The maximum Gasteiger partial charge on any atom is 0.288 e. The van der Waals surface area contributed by atoms with Gasteiger partial charge in [-0.2, -0.15) is 0 Å². The molecule has 0 saturated carbocycles. The van der Waals surface area contributed by atoms with Gasteiger partial charge in [0.15, 0.2) is 0 Å². The van der Waals surface area contributed by atoms with E-state index in [-0.39, 0.29) is 29.2 Å². The fraction of sp³-hybridized carbons (Fsp3) is 0.538. The van der Waals surface area contributed by atoms with Gasteiger partial charge in [0, 0.05) is 25.2 Å². The van der Waals surface area contributed by atoms with Crippen molar-refractivity contribution in [1.29, 1.82) is 0 Å². The van der Waals surface area contributed by atoms with Gasteiger partial charge in [-0.3, -0.25) is 15.0 Å². The summed E-state index contributed by atoms with van der Waals surface area (Å²) in [5.74, 6) is 0.516. The molecule has 0 aliphatic carbocycles. The van der Waals surface area contributed by atoms with Crippen LogP contribution >= 0.6 is 24.0 Å². The van der Waals surface area contributed by atoms with Crippen LogP contribution in [0.2, 0.25) is 5.02 Å². The van der Waals surface area contributed by atoms with Crippen LogP contribution in [0.4, 0.5) is 5.69 Å². The molecule has 2 unspecified atom stereocenters. The number of rotatable bonds is 4. The molecular weight excluding hydrogens is 301 g/mol. The zero-order valence-corrected chi connectivity index (χ0v) is 12.9. The first kappa shape index (κ1) is 17.2. The lowest BCUT2D eigenvalue weighted by atomic mass is 10.0. The minimum Gasteiger partial charge on any atom is -0.328 e. The van der Waals surface area contributed by atoms with E-state index < -0.39 is 4.92 Å². The minimum atomic E-state index is -0.444. The molecule has 1 saturated heterocycles. The van der Waals surface area contributed by atoms with Crippen LogP contribution in [-0.2, 0) is 6.54 Å². The number of nitrogens with zero attached hydrogens (tertiary/aromatic N) is 2. The molecule has 0 bridgehead atoms. The highest BCUT2D eigenvalue weighted by atomic mass is 35.5. The first-order valence-electron chi connectivity index (χ1n) is 6.38. The summed E-state index contributed by atoms with van der Waals surface area (Å²) in [6.45, 7) is 4.68. The molecule has 1 aliphatic heterocycles. The molecule has 7 heteroatoms. The Bertz CT molecular complexity index is 483. The fourth-order valence-electron chi connectivity index (χ4n) is 2.49. The number of hydrogen-bond donors (Lipinski definition) is 1. The number of likely N-dealkylation sites (tertiary alicyclic amines) is 1. The van der Waals surface area contributed by atoms with E-state index in [1.807, 2.05) is 13.0 Å². The van der Waals surface area contributed by atoms with Crippen molar-refractivity contribution < 1.29 is 4.92 Å². The lowest BCUT2D eigenvalue weighted by Crippen LogP contribution is -2.29. The van der Waals surface area contributed by atoms with Crippen LogP contribution in [0.5, 0.6) is 0 Å². The third-order valence-corrected chi connectivity index (χ3v) is 3.99. The summed E-state index contributed by atoms with van der Waals surface area (Å²) in [5.41, 5.74) is 6.80. The van der Waals surface area contributed by atoms with Crippen molar-refractivity contribution >= 4 is 29.7 Å². The van der Waals surface area contributed by atoms with E-state index in [9.17, 15) is 10.1 Å². The first-order chi connectivity index (χ1) is 8.97. The molecule has 2 rings (SSSR count). The third-order valence-electron chi connectivity index (χ3n) is 3.67. The molecule has 2 N–H and O–H groups in total. The molecular formula is C13H19Cl2N3O2. The summed E-state index contributed by atoms with van der Waals surface area (Å²) in [7, 11) is 0. The Morgan fingerprint density at radius 1 is 1.60 bits per heavy atom. The maximum absolute atomic E-state index is 10.8. The van der Waals surface area contributed by atoms with E-state index in [2.05, 4.69) is 4.90 Å². The zero-order valence-electron chi connectivity index (χ0n) is 11.3. The molecule has 0 spiro atoms. The van der Waals surface area contributed by atoms with Crippen LogP contribution in [0, 0.1) is 16.0 Å². The molecule has 0 amide bonds. The van der Waals surface area contributed by atoms with E-state index in [0.29, 0.717) is 12.5 Å². The average Bonchev–Trinajstić information content (AvgIpc) is 2.80. The molecule has 112 valence electrons. The van der Waals surface area contributed by atoms with E-state index in [0.717, 1.165) is 25.1 Å². The molecule has 20 heavy (non-hydrogen) atoms. The number of nitrogens with two attached hydrogens (primary N) is 1. The van der Waals surface area contributed by atoms with E-state index >= 15 is 0 Å². The lowest BCUT2D eigenvalue weighted by molar-refractivity contribution is -0.384. The van der Waals surface area contributed by atoms with Crippen LogP contribution < -0.4 is 5.73 Å². The highest BCUT2D eigenvalue weighted by Gasteiger charge is 2.25. The predicted octanol–water partition coefficient (Wildman–Crippen LogP) is 2.84. The van der Waals surface area contributed by atoms with Crippen LogP contribution in [-0.4, -0.2) is 29.0 Å². The number of halogens is 2. The summed E-state index contributed by atoms with van der Waals surface area (Å²) in [5, 5.41) is 11.0. The maximum atomic E-state index is 10.8. The van der Waals surface area contributed by atoms with Crippen LogP contribution in [0.15, 0.2) is 18.2 Å². The Labute approximate surface area is 129 Å². The Hall–Kier alpha value is -0.880. The molecule has 1 heterocycles. The largest absolute Gasteiger partial charge is 0.328 e. The monoisotopic (exact) mass is 319 g/mol. The summed E-state index contributed by atoms with van der Waals surface area (Å²) in [4.78, 5) is 12.7. The Balaban J connectivity index is 0.00000200. The second kappa shape index (κ2) is 7.22. The molecule has 5 nitrogen and oxygen atoms in total. The second-order valence-corrected chi connectivity index (χ2v) is 5.59. The number of benzene rings is 1. The van der Waals surface area contributed by atoms with E-state index in [4.69, 9.17) is 17.3 Å². The topological polar surface area (TPSA) is 72.4 Å². The van der Waals surface area contributed by atoms with Crippen LogP contribution in [0.25, 0.3) is 0 Å². The van der Waals surface area contributed by atoms with Gasteiger partial charge in [0.1, 0.15) is 5.02 Å².